The maximum absolute atomic E-state index is 11.4. The Morgan fingerprint density at radius 1 is 1.33 bits per heavy atom. The van der Waals surface area contributed by atoms with Crippen LogP contribution in [0.2, 0.25) is 0 Å². The molecule has 0 bridgehead atoms. The largest absolute Gasteiger partial charge is 0.466 e. The van der Waals surface area contributed by atoms with Crippen LogP contribution in [-0.4, -0.2) is 17.6 Å². The Hall–Kier alpha value is -2.10. The predicted octanol–water partition coefficient (Wildman–Crippen LogP) is 2.76. The van der Waals surface area contributed by atoms with E-state index in [-0.39, 0.29) is 12.4 Å². The van der Waals surface area contributed by atoms with Crippen LogP contribution < -0.4 is 0 Å². The van der Waals surface area contributed by atoms with Crippen LogP contribution in [0.5, 0.6) is 0 Å². The molecule has 0 unspecified atom stereocenters. The molecule has 4 nitrogen and oxygen atoms in total. The van der Waals surface area contributed by atoms with E-state index in [1.807, 2.05) is 30.3 Å². The smallest absolute Gasteiger partial charge is 0.311 e. The third-order valence-electron chi connectivity index (χ3n) is 2.53. The fourth-order valence-corrected chi connectivity index (χ4v) is 1.64. The normalized spacial score (nSPS) is 10.3. The number of oxazole rings is 1. The molecule has 0 aliphatic heterocycles. The second-order valence-electron chi connectivity index (χ2n) is 3.87. The van der Waals surface area contributed by atoms with Crippen LogP contribution in [0.15, 0.2) is 34.7 Å². The third-order valence-corrected chi connectivity index (χ3v) is 2.53. The first-order chi connectivity index (χ1) is 8.70. The van der Waals surface area contributed by atoms with Gasteiger partial charge in [0, 0.05) is 5.56 Å². The van der Waals surface area contributed by atoms with Gasteiger partial charge in [-0.25, -0.2) is 4.98 Å². The zero-order valence-corrected chi connectivity index (χ0v) is 10.5. The van der Waals surface area contributed by atoms with Crippen LogP contribution in [0.25, 0.3) is 11.5 Å². The van der Waals surface area contributed by atoms with Gasteiger partial charge in [-0.1, -0.05) is 18.2 Å². The van der Waals surface area contributed by atoms with Crippen molar-refractivity contribution < 1.29 is 13.9 Å². The summed E-state index contributed by atoms with van der Waals surface area (Å²) in [6.07, 6.45) is 0.149. The maximum Gasteiger partial charge on any atom is 0.311 e. The highest BCUT2D eigenvalue weighted by Gasteiger charge is 2.14. The fraction of sp³-hybridized carbons (Fsp3) is 0.286. The minimum atomic E-state index is -0.284. The van der Waals surface area contributed by atoms with Gasteiger partial charge in [0.25, 0.3) is 0 Å². The van der Waals surface area contributed by atoms with Crippen molar-refractivity contribution >= 4 is 5.97 Å². The predicted molar refractivity (Wildman–Crippen MR) is 67.0 cm³/mol. The molecule has 0 aliphatic carbocycles. The Morgan fingerprint density at radius 3 is 2.72 bits per heavy atom. The van der Waals surface area contributed by atoms with Crippen LogP contribution in [-0.2, 0) is 16.0 Å². The van der Waals surface area contributed by atoms with Gasteiger partial charge in [-0.15, -0.1) is 0 Å². The third kappa shape index (κ3) is 2.77. The van der Waals surface area contributed by atoms with Crippen LogP contribution in [0.3, 0.4) is 0 Å². The lowest BCUT2D eigenvalue weighted by molar-refractivity contribution is -0.142. The molecule has 0 N–H and O–H groups in total. The number of hydrogen-bond donors (Lipinski definition) is 0. The van der Waals surface area contributed by atoms with Crippen molar-refractivity contribution in [3.8, 4) is 11.5 Å². The van der Waals surface area contributed by atoms with Crippen molar-refractivity contribution in [3.63, 3.8) is 0 Å². The molecule has 0 radical (unpaired) electrons. The molecule has 0 aliphatic rings. The molecule has 0 amide bonds. The molecule has 1 heterocycles. The fourth-order valence-electron chi connectivity index (χ4n) is 1.64. The lowest BCUT2D eigenvalue weighted by Crippen LogP contribution is -2.08. The highest BCUT2D eigenvalue weighted by molar-refractivity contribution is 5.72. The summed E-state index contributed by atoms with van der Waals surface area (Å²) >= 11 is 0. The van der Waals surface area contributed by atoms with Gasteiger partial charge in [-0.3, -0.25) is 4.79 Å². The summed E-state index contributed by atoms with van der Waals surface area (Å²) in [6.45, 7) is 3.96. The highest BCUT2D eigenvalue weighted by atomic mass is 16.5. The van der Waals surface area contributed by atoms with Crippen molar-refractivity contribution in [1.82, 2.24) is 4.98 Å². The lowest BCUT2D eigenvalue weighted by Gasteiger charge is -1.98. The standard InChI is InChI=1S/C14H15NO3/c1-3-17-13(16)9-12-10(2)18-14(15-12)11-7-5-4-6-8-11/h4-8H,3,9H2,1-2H3. The molecular formula is C14H15NO3. The minimum absolute atomic E-state index is 0.149. The molecule has 0 fully saturated rings. The molecule has 4 heteroatoms. The second kappa shape index (κ2) is 5.49. The van der Waals surface area contributed by atoms with Gasteiger partial charge in [0.1, 0.15) is 5.76 Å². The van der Waals surface area contributed by atoms with E-state index in [2.05, 4.69) is 4.98 Å². The number of benzene rings is 1. The maximum atomic E-state index is 11.4. The van der Waals surface area contributed by atoms with Crippen molar-refractivity contribution in [2.24, 2.45) is 0 Å². The number of nitrogens with zero attached hydrogens (tertiary/aromatic N) is 1. The van der Waals surface area contributed by atoms with Gasteiger partial charge >= 0.3 is 5.97 Å². The van der Waals surface area contributed by atoms with E-state index in [0.29, 0.717) is 24.0 Å². The molecule has 2 aromatic rings. The zero-order chi connectivity index (χ0) is 13.0. The second-order valence-corrected chi connectivity index (χ2v) is 3.87. The van der Waals surface area contributed by atoms with Gasteiger partial charge in [0.15, 0.2) is 0 Å². The van der Waals surface area contributed by atoms with Crippen molar-refractivity contribution in [1.29, 1.82) is 0 Å². The Balaban J connectivity index is 2.20. The van der Waals surface area contributed by atoms with E-state index in [1.165, 1.54) is 0 Å². The molecule has 0 saturated heterocycles. The first kappa shape index (κ1) is 12.4. The summed E-state index contributed by atoms with van der Waals surface area (Å²) < 4.78 is 10.5. The first-order valence-electron chi connectivity index (χ1n) is 5.88. The number of aryl methyl sites for hydroxylation is 1. The summed E-state index contributed by atoms with van der Waals surface area (Å²) in [5.74, 6) is 0.905. The van der Waals surface area contributed by atoms with Gasteiger partial charge < -0.3 is 9.15 Å². The molecule has 18 heavy (non-hydrogen) atoms. The van der Waals surface area contributed by atoms with Gasteiger partial charge in [0.2, 0.25) is 5.89 Å². The summed E-state index contributed by atoms with van der Waals surface area (Å²) in [5.41, 5.74) is 1.53. The van der Waals surface area contributed by atoms with Crippen molar-refractivity contribution in [2.45, 2.75) is 20.3 Å². The summed E-state index contributed by atoms with van der Waals surface area (Å²) in [7, 11) is 0. The van der Waals surface area contributed by atoms with Crippen molar-refractivity contribution in [2.75, 3.05) is 6.61 Å². The Labute approximate surface area is 106 Å². The highest BCUT2D eigenvalue weighted by Crippen LogP contribution is 2.21. The van der Waals surface area contributed by atoms with Gasteiger partial charge in [-0.2, -0.15) is 0 Å². The molecule has 2 rings (SSSR count). The number of aromatic nitrogens is 1. The summed E-state index contributed by atoms with van der Waals surface area (Å²) in [5, 5.41) is 0. The topological polar surface area (TPSA) is 52.3 Å². The van der Waals surface area contributed by atoms with Gasteiger partial charge in [0.05, 0.1) is 18.7 Å². The Kier molecular flexibility index (Phi) is 3.77. The van der Waals surface area contributed by atoms with E-state index >= 15 is 0 Å². The first-order valence-corrected chi connectivity index (χ1v) is 5.88. The monoisotopic (exact) mass is 245 g/mol. The van der Waals surface area contributed by atoms with E-state index in [4.69, 9.17) is 9.15 Å². The minimum Gasteiger partial charge on any atom is -0.466 e. The zero-order valence-electron chi connectivity index (χ0n) is 10.5. The SMILES string of the molecule is CCOC(=O)Cc1nc(-c2ccccc2)oc1C. The van der Waals surface area contributed by atoms with Crippen LogP contribution in [0, 0.1) is 6.92 Å². The number of carbonyl (C=O) groups excluding carboxylic acids is 1. The Morgan fingerprint density at radius 2 is 2.06 bits per heavy atom. The van der Waals surface area contributed by atoms with E-state index in [9.17, 15) is 4.79 Å². The molecule has 0 atom stereocenters. The Bertz CT molecular complexity index is 531. The molecule has 0 saturated carbocycles. The average Bonchev–Trinajstić information content (AvgIpc) is 2.72. The van der Waals surface area contributed by atoms with Gasteiger partial charge in [-0.05, 0) is 26.0 Å². The van der Waals surface area contributed by atoms with E-state index in [0.717, 1.165) is 5.56 Å². The van der Waals surface area contributed by atoms with E-state index in [1.54, 1.807) is 13.8 Å². The number of rotatable bonds is 4. The van der Waals surface area contributed by atoms with E-state index < -0.39 is 0 Å². The number of hydrogen-bond acceptors (Lipinski definition) is 4. The number of esters is 1. The molecule has 1 aromatic carbocycles. The molecule has 0 spiro atoms. The number of carbonyl (C=O) groups is 1. The molecule has 1 aromatic heterocycles. The lowest BCUT2D eigenvalue weighted by atomic mass is 10.2. The number of ether oxygens (including phenoxy) is 1. The van der Waals surface area contributed by atoms with Crippen LogP contribution >= 0.6 is 0 Å². The molecule has 94 valence electrons. The van der Waals surface area contributed by atoms with Crippen LogP contribution in [0.4, 0.5) is 0 Å². The quantitative estimate of drug-likeness (QED) is 0.777. The summed E-state index contributed by atoms with van der Waals surface area (Å²) in [4.78, 5) is 15.7. The molecular weight excluding hydrogens is 230 g/mol. The summed E-state index contributed by atoms with van der Waals surface area (Å²) in [6, 6.07) is 9.59. The van der Waals surface area contributed by atoms with Crippen molar-refractivity contribution in [3.05, 3.63) is 41.8 Å². The average molecular weight is 245 g/mol. The van der Waals surface area contributed by atoms with Crippen LogP contribution in [0.1, 0.15) is 18.4 Å².